The highest BCUT2D eigenvalue weighted by Gasteiger charge is 2.27. The molecule has 4 rings (SSSR count). The number of carbonyl (C=O) groups excluding carboxylic acids is 1. The Hall–Kier alpha value is -3.73. The first-order chi connectivity index (χ1) is 16.8. The van der Waals surface area contributed by atoms with Crippen LogP contribution in [0.1, 0.15) is 66.1 Å². The van der Waals surface area contributed by atoms with Gasteiger partial charge in [0, 0.05) is 12.1 Å². The van der Waals surface area contributed by atoms with Gasteiger partial charge in [-0.15, -0.1) is 0 Å². The third-order valence-corrected chi connectivity index (χ3v) is 6.73. The maximum atomic E-state index is 13.8. The van der Waals surface area contributed by atoms with Crippen LogP contribution in [0.2, 0.25) is 0 Å². The van der Waals surface area contributed by atoms with Gasteiger partial charge in [0.05, 0.1) is 22.6 Å². The predicted octanol–water partition coefficient (Wildman–Crippen LogP) is 6.18. The van der Waals surface area contributed by atoms with Crippen LogP contribution in [0.15, 0.2) is 71.5 Å². The quantitative estimate of drug-likeness (QED) is 0.326. The van der Waals surface area contributed by atoms with E-state index in [0.717, 1.165) is 29.7 Å². The second kappa shape index (κ2) is 10.3. The number of aromatic nitrogens is 2. The average molecular weight is 468 g/mol. The van der Waals surface area contributed by atoms with E-state index in [4.69, 9.17) is 4.98 Å². The van der Waals surface area contributed by atoms with Gasteiger partial charge in [0.1, 0.15) is 5.82 Å². The summed E-state index contributed by atoms with van der Waals surface area (Å²) in [4.78, 5) is 34.2. The molecule has 1 aromatic heterocycles. The largest absolute Gasteiger partial charge is 0.329 e. The molecule has 4 aromatic rings. The van der Waals surface area contributed by atoms with Crippen LogP contribution in [0, 0.1) is 13.8 Å². The van der Waals surface area contributed by atoms with Crippen molar-refractivity contribution in [3.05, 3.63) is 105 Å². The van der Waals surface area contributed by atoms with E-state index >= 15 is 0 Å². The SMILES string of the molecule is CCCN(C(=O)c1ccc(CC)cc1)C(C)c1nc2ccccc2c(=O)n1-c1ccc(C)c(C)c1. The van der Waals surface area contributed by atoms with Gasteiger partial charge in [0.25, 0.3) is 11.5 Å². The third-order valence-electron chi connectivity index (χ3n) is 6.73. The molecule has 0 saturated carbocycles. The predicted molar refractivity (Wildman–Crippen MR) is 142 cm³/mol. The number of amides is 1. The van der Waals surface area contributed by atoms with E-state index < -0.39 is 6.04 Å². The summed E-state index contributed by atoms with van der Waals surface area (Å²) in [6.07, 6.45) is 1.72. The number of fused-ring (bicyclic) bond motifs is 1. The normalized spacial score (nSPS) is 12.0. The summed E-state index contributed by atoms with van der Waals surface area (Å²) in [7, 11) is 0. The molecule has 1 amide bonds. The second-order valence-corrected chi connectivity index (χ2v) is 9.12. The number of aryl methyl sites for hydroxylation is 3. The summed E-state index contributed by atoms with van der Waals surface area (Å²) in [6.45, 7) is 10.8. The molecule has 0 bridgehead atoms. The Balaban J connectivity index is 1.89. The summed E-state index contributed by atoms with van der Waals surface area (Å²) in [5, 5.41) is 0.560. The molecule has 180 valence electrons. The van der Waals surface area contributed by atoms with Gasteiger partial charge in [-0.05, 0) is 86.7 Å². The van der Waals surface area contributed by atoms with E-state index in [1.165, 1.54) is 5.56 Å². The molecule has 0 spiro atoms. The van der Waals surface area contributed by atoms with Crippen LogP contribution in [0.4, 0.5) is 0 Å². The Kier molecular flexibility index (Phi) is 7.15. The van der Waals surface area contributed by atoms with Crippen LogP contribution in [0.3, 0.4) is 0 Å². The molecule has 0 fully saturated rings. The van der Waals surface area contributed by atoms with Crippen molar-refractivity contribution in [2.45, 2.75) is 53.5 Å². The van der Waals surface area contributed by atoms with Crippen LogP contribution >= 0.6 is 0 Å². The molecule has 0 radical (unpaired) electrons. The van der Waals surface area contributed by atoms with E-state index in [9.17, 15) is 9.59 Å². The highest BCUT2D eigenvalue weighted by Crippen LogP contribution is 2.25. The molecule has 0 aliphatic carbocycles. The van der Waals surface area contributed by atoms with Crippen molar-refractivity contribution in [3.63, 3.8) is 0 Å². The van der Waals surface area contributed by atoms with Gasteiger partial charge >= 0.3 is 0 Å². The minimum Gasteiger partial charge on any atom is -0.329 e. The maximum absolute atomic E-state index is 13.8. The van der Waals surface area contributed by atoms with E-state index in [2.05, 4.69) is 20.8 Å². The lowest BCUT2D eigenvalue weighted by molar-refractivity contribution is 0.0681. The van der Waals surface area contributed by atoms with E-state index in [-0.39, 0.29) is 11.5 Å². The first-order valence-electron chi connectivity index (χ1n) is 12.3. The fourth-order valence-electron chi connectivity index (χ4n) is 4.44. The van der Waals surface area contributed by atoms with Crippen molar-refractivity contribution in [2.75, 3.05) is 6.54 Å². The molecule has 1 unspecified atom stereocenters. The summed E-state index contributed by atoms with van der Waals surface area (Å²) in [5.74, 6) is 0.500. The molecule has 0 aliphatic rings. The van der Waals surface area contributed by atoms with Crippen molar-refractivity contribution < 1.29 is 4.79 Å². The summed E-state index contributed by atoms with van der Waals surface area (Å²) >= 11 is 0. The first-order valence-corrected chi connectivity index (χ1v) is 12.3. The molecule has 1 heterocycles. The Morgan fingerprint density at radius 3 is 2.34 bits per heavy atom. The molecule has 1 atom stereocenters. The van der Waals surface area contributed by atoms with Crippen molar-refractivity contribution >= 4 is 16.8 Å². The molecule has 0 saturated heterocycles. The molecular weight excluding hydrogens is 434 g/mol. The van der Waals surface area contributed by atoms with Crippen LogP contribution in [0.5, 0.6) is 0 Å². The zero-order valence-corrected chi connectivity index (χ0v) is 21.2. The minimum absolute atomic E-state index is 0.0592. The number of carbonyl (C=O) groups is 1. The van der Waals surface area contributed by atoms with Gasteiger partial charge in [-0.25, -0.2) is 4.98 Å². The van der Waals surface area contributed by atoms with E-state index in [1.54, 1.807) is 10.6 Å². The zero-order chi connectivity index (χ0) is 25.1. The number of rotatable bonds is 7. The van der Waals surface area contributed by atoms with Gasteiger partial charge in [0.15, 0.2) is 0 Å². The molecule has 5 heteroatoms. The summed E-state index contributed by atoms with van der Waals surface area (Å²) in [6, 6.07) is 20.8. The van der Waals surface area contributed by atoms with E-state index in [1.807, 2.05) is 79.4 Å². The van der Waals surface area contributed by atoms with Crippen LogP contribution in [0.25, 0.3) is 16.6 Å². The standard InChI is InChI=1S/C30H33N3O2/c1-6-18-32(29(34)24-15-13-23(7-2)14-16-24)22(5)28-31-27-11-9-8-10-26(27)30(35)33(28)25-17-12-20(3)21(4)19-25/h8-17,19,22H,6-7,18H2,1-5H3. The molecular formula is C30H33N3O2. The Morgan fingerprint density at radius 1 is 0.971 bits per heavy atom. The molecule has 5 nitrogen and oxygen atoms in total. The van der Waals surface area contributed by atoms with Crippen LogP contribution in [-0.2, 0) is 6.42 Å². The monoisotopic (exact) mass is 467 g/mol. The molecule has 0 aliphatic heterocycles. The smallest absolute Gasteiger partial charge is 0.266 e. The summed E-state index contributed by atoms with van der Waals surface area (Å²) < 4.78 is 1.68. The van der Waals surface area contributed by atoms with Gasteiger partial charge in [0.2, 0.25) is 0 Å². The van der Waals surface area contributed by atoms with Gasteiger partial charge in [-0.3, -0.25) is 14.2 Å². The van der Waals surface area contributed by atoms with Crippen LogP contribution in [-0.4, -0.2) is 26.9 Å². The number of nitrogens with zero attached hydrogens (tertiary/aromatic N) is 3. The Morgan fingerprint density at radius 2 is 1.69 bits per heavy atom. The molecule has 35 heavy (non-hydrogen) atoms. The second-order valence-electron chi connectivity index (χ2n) is 9.12. The van der Waals surface area contributed by atoms with Gasteiger partial charge < -0.3 is 4.90 Å². The van der Waals surface area contributed by atoms with Crippen LogP contribution < -0.4 is 5.56 Å². The number of para-hydroxylation sites is 1. The number of hydrogen-bond donors (Lipinski definition) is 0. The molecule has 0 N–H and O–H groups in total. The number of benzene rings is 3. The van der Waals surface area contributed by atoms with Crippen molar-refractivity contribution in [1.82, 2.24) is 14.5 Å². The molecule has 3 aromatic carbocycles. The topological polar surface area (TPSA) is 55.2 Å². The Labute approximate surface area is 207 Å². The number of hydrogen-bond acceptors (Lipinski definition) is 3. The highest BCUT2D eigenvalue weighted by atomic mass is 16.2. The first kappa shape index (κ1) is 24.4. The van der Waals surface area contributed by atoms with Crippen molar-refractivity contribution in [2.24, 2.45) is 0 Å². The lowest BCUT2D eigenvalue weighted by Crippen LogP contribution is -2.38. The third kappa shape index (κ3) is 4.76. The van der Waals surface area contributed by atoms with E-state index in [0.29, 0.717) is 28.8 Å². The fourth-order valence-corrected chi connectivity index (χ4v) is 4.44. The fraction of sp³-hybridized carbons (Fsp3) is 0.300. The highest BCUT2D eigenvalue weighted by molar-refractivity contribution is 5.94. The summed E-state index contributed by atoms with van der Waals surface area (Å²) in [5.41, 5.74) is 5.35. The van der Waals surface area contributed by atoms with Gasteiger partial charge in [-0.2, -0.15) is 0 Å². The van der Waals surface area contributed by atoms with Gasteiger partial charge in [-0.1, -0.05) is 44.2 Å². The lowest BCUT2D eigenvalue weighted by atomic mass is 10.1. The maximum Gasteiger partial charge on any atom is 0.266 e. The average Bonchev–Trinajstić information content (AvgIpc) is 2.88. The zero-order valence-electron chi connectivity index (χ0n) is 21.2. The minimum atomic E-state index is -0.410. The Bertz CT molecular complexity index is 1420. The lowest BCUT2D eigenvalue weighted by Gasteiger charge is -2.30. The van der Waals surface area contributed by atoms with Crippen molar-refractivity contribution in [3.8, 4) is 5.69 Å². The van der Waals surface area contributed by atoms with Crippen molar-refractivity contribution in [1.29, 1.82) is 0 Å².